The van der Waals surface area contributed by atoms with Crippen LogP contribution in [0.3, 0.4) is 0 Å². The van der Waals surface area contributed by atoms with Gasteiger partial charge in [-0.05, 0) is 30.4 Å². The molecule has 0 amide bonds. The molecule has 0 radical (unpaired) electrons. The zero-order chi connectivity index (χ0) is 11.7. The molecule has 0 aliphatic heterocycles. The molecule has 0 spiro atoms. The van der Waals surface area contributed by atoms with E-state index in [-0.39, 0.29) is 12.0 Å². The summed E-state index contributed by atoms with van der Waals surface area (Å²) in [6.45, 7) is 0.255. The van der Waals surface area contributed by atoms with Crippen LogP contribution in [0, 0.1) is 5.41 Å². The van der Waals surface area contributed by atoms with Crippen LogP contribution in [0.5, 0.6) is 0 Å². The number of nitrogens with zero attached hydrogens (tertiary/aromatic N) is 3. The summed E-state index contributed by atoms with van der Waals surface area (Å²) < 4.78 is 1.78. The minimum absolute atomic E-state index is 0.0948. The number of aromatic nitrogens is 3. The third-order valence-electron chi connectivity index (χ3n) is 3.41. The van der Waals surface area contributed by atoms with E-state index in [9.17, 15) is 5.11 Å². The van der Waals surface area contributed by atoms with E-state index in [2.05, 4.69) is 10.3 Å². The third kappa shape index (κ3) is 2.08. The predicted octanol–water partition coefficient (Wildman–Crippen LogP) is 1.58. The van der Waals surface area contributed by atoms with Gasteiger partial charge in [0.15, 0.2) is 0 Å². The molecule has 0 saturated heterocycles. The lowest BCUT2D eigenvalue weighted by Gasteiger charge is -2.07. The maximum Gasteiger partial charge on any atom is 0.0838 e. The topological polar surface area (TPSA) is 50.9 Å². The van der Waals surface area contributed by atoms with E-state index < -0.39 is 0 Å². The van der Waals surface area contributed by atoms with Crippen LogP contribution in [0.15, 0.2) is 36.5 Å². The fraction of sp³-hybridized carbons (Fsp3) is 0.385. The van der Waals surface area contributed by atoms with Gasteiger partial charge in [0.2, 0.25) is 0 Å². The van der Waals surface area contributed by atoms with Crippen molar-refractivity contribution < 1.29 is 5.11 Å². The Hall–Kier alpha value is -1.68. The quantitative estimate of drug-likeness (QED) is 0.866. The zero-order valence-corrected chi connectivity index (χ0v) is 9.58. The highest BCUT2D eigenvalue weighted by Gasteiger charge is 2.42. The minimum atomic E-state index is 0.0948. The van der Waals surface area contributed by atoms with Crippen molar-refractivity contribution in [3.8, 4) is 5.69 Å². The summed E-state index contributed by atoms with van der Waals surface area (Å²) in [7, 11) is 0. The number of hydrogen-bond acceptors (Lipinski definition) is 3. The summed E-state index contributed by atoms with van der Waals surface area (Å²) >= 11 is 0. The van der Waals surface area contributed by atoms with Gasteiger partial charge in [-0.2, -0.15) is 0 Å². The first kappa shape index (κ1) is 10.5. The molecule has 2 aromatic rings. The second-order valence-corrected chi connectivity index (χ2v) is 4.82. The lowest BCUT2D eigenvalue weighted by molar-refractivity contribution is 0.210. The first-order chi connectivity index (χ1) is 8.31. The van der Waals surface area contributed by atoms with Crippen LogP contribution in [0.1, 0.15) is 18.5 Å². The fourth-order valence-electron chi connectivity index (χ4n) is 2.04. The highest BCUT2D eigenvalue weighted by Crippen LogP contribution is 2.47. The van der Waals surface area contributed by atoms with Gasteiger partial charge in [0.25, 0.3) is 0 Å². The molecule has 0 unspecified atom stereocenters. The van der Waals surface area contributed by atoms with Gasteiger partial charge in [0.1, 0.15) is 0 Å². The van der Waals surface area contributed by atoms with Crippen LogP contribution in [-0.2, 0) is 6.42 Å². The summed E-state index contributed by atoms with van der Waals surface area (Å²) in [6, 6.07) is 9.93. The third-order valence-corrected chi connectivity index (χ3v) is 3.41. The standard InChI is InChI=1S/C13H15N3O/c17-10-13(6-7-13)8-11-9-16(15-14-11)12-4-2-1-3-5-12/h1-5,9,17H,6-8,10H2. The van der Waals surface area contributed by atoms with E-state index in [0.29, 0.717) is 0 Å². The van der Waals surface area contributed by atoms with Gasteiger partial charge < -0.3 is 5.11 Å². The average molecular weight is 229 g/mol. The van der Waals surface area contributed by atoms with Gasteiger partial charge in [0, 0.05) is 13.0 Å². The summed E-state index contributed by atoms with van der Waals surface area (Å²) in [6.07, 6.45) is 4.98. The van der Waals surface area contributed by atoms with Crippen molar-refractivity contribution in [2.24, 2.45) is 5.41 Å². The molecule has 1 saturated carbocycles. The maximum absolute atomic E-state index is 9.29. The van der Waals surface area contributed by atoms with Crippen LogP contribution in [-0.4, -0.2) is 26.7 Å². The first-order valence-corrected chi connectivity index (χ1v) is 5.89. The molecule has 1 fully saturated rings. The number of para-hydroxylation sites is 1. The smallest absolute Gasteiger partial charge is 0.0838 e. The molecule has 17 heavy (non-hydrogen) atoms. The number of aliphatic hydroxyl groups is 1. The number of aliphatic hydroxyl groups excluding tert-OH is 1. The zero-order valence-electron chi connectivity index (χ0n) is 9.58. The number of benzene rings is 1. The summed E-state index contributed by atoms with van der Waals surface area (Å²) in [5, 5.41) is 17.6. The van der Waals surface area contributed by atoms with Gasteiger partial charge in [-0.3, -0.25) is 0 Å². The van der Waals surface area contributed by atoms with Gasteiger partial charge >= 0.3 is 0 Å². The van der Waals surface area contributed by atoms with Crippen LogP contribution in [0.2, 0.25) is 0 Å². The Morgan fingerprint density at radius 1 is 1.24 bits per heavy atom. The Kier molecular flexibility index (Phi) is 2.44. The van der Waals surface area contributed by atoms with Gasteiger partial charge in [-0.15, -0.1) is 5.10 Å². The highest BCUT2D eigenvalue weighted by atomic mass is 16.3. The molecule has 4 nitrogen and oxygen atoms in total. The van der Waals surface area contributed by atoms with Crippen molar-refractivity contribution in [3.63, 3.8) is 0 Å². The normalized spacial score (nSPS) is 17.0. The molecule has 1 aromatic heterocycles. The summed E-state index contributed by atoms with van der Waals surface area (Å²) in [5.74, 6) is 0. The minimum Gasteiger partial charge on any atom is -0.396 e. The average Bonchev–Trinajstić information content (AvgIpc) is 3.00. The maximum atomic E-state index is 9.29. The fourth-order valence-corrected chi connectivity index (χ4v) is 2.04. The van der Waals surface area contributed by atoms with Crippen molar-refractivity contribution in [3.05, 3.63) is 42.2 Å². The molecule has 4 heteroatoms. The van der Waals surface area contributed by atoms with Gasteiger partial charge in [-0.25, -0.2) is 4.68 Å². The van der Waals surface area contributed by atoms with Gasteiger partial charge in [-0.1, -0.05) is 23.4 Å². The van der Waals surface area contributed by atoms with Crippen LogP contribution in [0.4, 0.5) is 0 Å². The Bertz CT molecular complexity index is 502. The van der Waals surface area contributed by atoms with E-state index in [0.717, 1.165) is 30.6 Å². The molecule has 1 heterocycles. The molecule has 88 valence electrons. The van der Waals surface area contributed by atoms with Crippen LogP contribution >= 0.6 is 0 Å². The first-order valence-electron chi connectivity index (χ1n) is 5.89. The Balaban J connectivity index is 1.79. The molecule has 1 aliphatic carbocycles. The van der Waals surface area contributed by atoms with Crippen molar-refractivity contribution in [1.82, 2.24) is 15.0 Å². The molecule has 0 atom stereocenters. The van der Waals surface area contributed by atoms with Crippen molar-refractivity contribution >= 4 is 0 Å². The van der Waals surface area contributed by atoms with E-state index in [1.807, 2.05) is 36.5 Å². The van der Waals surface area contributed by atoms with Gasteiger partial charge in [0.05, 0.1) is 17.6 Å². The van der Waals surface area contributed by atoms with Crippen molar-refractivity contribution in [2.45, 2.75) is 19.3 Å². The molecular weight excluding hydrogens is 214 g/mol. The SMILES string of the molecule is OCC1(Cc2cn(-c3ccccc3)nn2)CC1. The highest BCUT2D eigenvalue weighted by molar-refractivity contribution is 5.30. The summed E-state index contributed by atoms with van der Waals surface area (Å²) in [4.78, 5) is 0. The second-order valence-electron chi connectivity index (χ2n) is 4.82. The van der Waals surface area contributed by atoms with E-state index >= 15 is 0 Å². The monoisotopic (exact) mass is 229 g/mol. The molecule has 0 bridgehead atoms. The molecular formula is C13H15N3O. The molecule has 3 rings (SSSR count). The van der Waals surface area contributed by atoms with E-state index in [1.54, 1.807) is 4.68 Å². The Morgan fingerprint density at radius 2 is 2.00 bits per heavy atom. The predicted molar refractivity (Wildman–Crippen MR) is 63.8 cm³/mol. The Labute approximate surface area is 99.9 Å². The Morgan fingerprint density at radius 3 is 2.65 bits per heavy atom. The number of rotatable bonds is 4. The second kappa shape index (κ2) is 3.96. The van der Waals surface area contributed by atoms with Crippen molar-refractivity contribution in [1.29, 1.82) is 0 Å². The van der Waals surface area contributed by atoms with E-state index in [4.69, 9.17) is 0 Å². The molecule has 1 aliphatic rings. The number of hydrogen-bond donors (Lipinski definition) is 1. The molecule has 1 aromatic carbocycles. The molecule has 1 N–H and O–H groups in total. The summed E-state index contributed by atoms with van der Waals surface area (Å²) in [5.41, 5.74) is 2.07. The lowest BCUT2D eigenvalue weighted by atomic mass is 10.0. The van der Waals surface area contributed by atoms with Crippen LogP contribution in [0.25, 0.3) is 5.69 Å². The van der Waals surface area contributed by atoms with Crippen molar-refractivity contribution in [2.75, 3.05) is 6.61 Å². The largest absolute Gasteiger partial charge is 0.396 e. The van der Waals surface area contributed by atoms with Crippen LogP contribution < -0.4 is 0 Å². The lowest BCUT2D eigenvalue weighted by Crippen LogP contribution is -2.10. The van der Waals surface area contributed by atoms with E-state index in [1.165, 1.54) is 0 Å².